The van der Waals surface area contributed by atoms with Crippen LogP contribution in [-0.2, 0) is 4.79 Å². The van der Waals surface area contributed by atoms with Crippen molar-refractivity contribution < 1.29 is 9.59 Å². The van der Waals surface area contributed by atoms with Crippen molar-refractivity contribution in [2.45, 2.75) is 25.8 Å². The molecule has 142 valence electrons. The summed E-state index contributed by atoms with van der Waals surface area (Å²) >= 11 is 12.0. The number of benzene rings is 2. The second-order valence-electron chi connectivity index (χ2n) is 6.55. The number of carbonyl (C=O) groups is 2. The maximum Gasteiger partial charge on any atom is 0.257 e. The molecule has 1 aliphatic rings. The van der Waals surface area contributed by atoms with E-state index in [1.165, 1.54) is 0 Å². The maximum atomic E-state index is 12.6. The van der Waals surface area contributed by atoms with E-state index in [1.54, 1.807) is 25.1 Å². The van der Waals surface area contributed by atoms with Crippen LogP contribution in [0.15, 0.2) is 42.5 Å². The highest BCUT2D eigenvalue weighted by Crippen LogP contribution is 2.27. The molecule has 2 N–H and O–H groups in total. The number of anilines is 2. The number of para-hydroxylation sites is 2. The van der Waals surface area contributed by atoms with Gasteiger partial charge in [0.15, 0.2) is 0 Å². The van der Waals surface area contributed by atoms with Gasteiger partial charge in [0.25, 0.3) is 5.91 Å². The number of halogens is 2. The van der Waals surface area contributed by atoms with Crippen molar-refractivity contribution in [1.82, 2.24) is 4.90 Å². The van der Waals surface area contributed by atoms with Crippen molar-refractivity contribution in [3.63, 3.8) is 0 Å². The summed E-state index contributed by atoms with van der Waals surface area (Å²) in [5, 5.41) is 7.18. The number of nitrogens with one attached hydrogen (secondary N) is 2. The molecule has 3 rings (SSSR count). The standard InChI is InChI=1S/C20H21Cl2N3O2/c1-13(26)25-10-8-15(9-11-25)23-18-4-2-3-5-19(18)24-20(27)16-7-6-14(21)12-17(16)22/h2-7,12,15,23H,8-11H2,1H3,(H,24,27). The van der Waals surface area contributed by atoms with E-state index in [0.717, 1.165) is 31.6 Å². The molecule has 0 spiro atoms. The van der Waals surface area contributed by atoms with Crippen molar-refractivity contribution in [3.05, 3.63) is 58.1 Å². The van der Waals surface area contributed by atoms with E-state index in [1.807, 2.05) is 29.2 Å². The summed E-state index contributed by atoms with van der Waals surface area (Å²) in [6.07, 6.45) is 1.73. The average Bonchev–Trinajstić information content (AvgIpc) is 2.63. The Balaban J connectivity index is 1.69. The van der Waals surface area contributed by atoms with Gasteiger partial charge in [-0.1, -0.05) is 35.3 Å². The van der Waals surface area contributed by atoms with Gasteiger partial charge in [-0.05, 0) is 43.2 Å². The van der Waals surface area contributed by atoms with E-state index in [2.05, 4.69) is 10.6 Å². The summed E-state index contributed by atoms with van der Waals surface area (Å²) in [5.41, 5.74) is 1.89. The molecular formula is C20H21Cl2N3O2. The molecule has 27 heavy (non-hydrogen) atoms. The Labute approximate surface area is 168 Å². The van der Waals surface area contributed by atoms with Crippen LogP contribution >= 0.6 is 23.2 Å². The van der Waals surface area contributed by atoms with Crippen molar-refractivity contribution in [2.75, 3.05) is 23.7 Å². The molecule has 7 heteroatoms. The Kier molecular flexibility index (Phi) is 6.24. The van der Waals surface area contributed by atoms with Crippen LogP contribution in [0, 0.1) is 0 Å². The number of amides is 2. The Hall–Kier alpha value is -2.24. The van der Waals surface area contributed by atoms with E-state index in [4.69, 9.17) is 23.2 Å². The van der Waals surface area contributed by atoms with Crippen LogP contribution in [0.3, 0.4) is 0 Å². The van der Waals surface area contributed by atoms with E-state index >= 15 is 0 Å². The zero-order valence-electron chi connectivity index (χ0n) is 15.0. The normalized spacial score (nSPS) is 14.7. The first kappa shape index (κ1) is 19.5. The van der Waals surface area contributed by atoms with Crippen LogP contribution in [0.5, 0.6) is 0 Å². The number of rotatable bonds is 4. The van der Waals surface area contributed by atoms with Gasteiger partial charge in [0.2, 0.25) is 5.91 Å². The molecule has 0 bridgehead atoms. The Bertz CT molecular complexity index is 849. The van der Waals surface area contributed by atoms with Gasteiger partial charge in [0.1, 0.15) is 0 Å². The number of piperidine rings is 1. The van der Waals surface area contributed by atoms with Crippen molar-refractivity contribution in [1.29, 1.82) is 0 Å². The Morgan fingerprint density at radius 1 is 1.04 bits per heavy atom. The second kappa shape index (κ2) is 8.63. The molecule has 0 saturated carbocycles. The highest BCUT2D eigenvalue weighted by Gasteiger charge is 2.21. The van der Waals surface area contributed by atoms with E-state index in [-0.39, 0.29) is 17.9 Å². The van der Waals surface area contributed by atoms with Gasteiger partial charge in [0.05, 0.1) is 22.0 Å². The van der Waals surface area contributed by atoms with Gasteiger partial charge in [-0.2, -0.15) is 0 Å². The molecule has 2 aromatic carbocycles. The minimum absolute atomic E-state index is 0.112. The third kappa shape index (κ3) is 4.93. The molecule has 0 unspecified atom stereocenters. The fourth-order valence-electron chi connectivity index (χ4n) is 3.14. The summed E-state index contributed by atoms with van der Waals surface area (Å²) in [7, 11) is 0. The Morgan fingerprint density at radius 2 is 1.70 bits per heavy atom. The third-order valence-corrected chi connectivity index (χ3v) is 5.20. The van der Waals surface area contributed by atoms with Gasteiger partial charge < -0.3 is 15.5 Å². The van der Waals surface area contributed by atoms with Crippen molar-refractivity contribution in [2.24, 2.45) is 0 Å². The maximum absolute atomic E-state index is 12.6. The molecule has 0 atom stereocenters. The molecular weight excluding hydrogens is 385 g/mol. The zero-order chi connectivity index (χ0) is 19.4. The van der Waals surface area contributed by atoms with Crippen molar-refractivity contribution in [3.8, 4) is 0 Å². The Morgan fingerprint density at radius 3 is 2.33 bits per heavy atom. The van der Waals surface area contributed by atoms with Crippen LogP contribution in [0.1, 0.15) is 30.1 Å². The largest absolute Gasteiger partial charge is 0.380 e. The van der Waals surface area contributed by atoms with Gasteiger partial charge >= 0.3 is 0 Å². The molecule has 1 aliphatic heterocycles. The lowest BCUT2D eigenvalue weighted by molar-refractivity contribution is -0.129. The first-order valence-corrected chi connectivity index (χ1v) is 9.57. The highest BCUT2D eigenvalue weighted by atomic mass is 35.5. The first-order valence-electron chi connectivity index (χ1n) is 8.81. The summed E-state index contributed by atoms with van der Waals surface area (Å²) in [5.74, 6) is -0.182. The van der Waals surface area contributed by atoms with Crippen LogP contribution in [0.25, 0.3) is 0 Å². The quantitative estimate of drug-likeness (QED) is 0.776. The number of hydrogen-bond acceptors (Lipinski definition) is 3. The number of carbonyl (C=O) groups excluding carboxylic acids is 2. The smallest absolute Gasteiger partial charge is 0.257 e. The third-order valence-electron chi connectivity index (χ3n) is 4.65. The van der Waals surface area contributed by atoms with Crippen LogP contribution in [-0.4, -0.2) is 35.8 Å². The molecule has 0 radical (unpaired) electrons. The fourth-order valence-corrected chi connectivity index (χ4v) is 3.63. The molecule has 1 heterocycles. The summed E-state index contributed by atoms with van der Waals surface area (Å²) < 4.78 is 0. The number of likely N-dealkylation sites (tertiary alicyclic amines) is 1. The first-order chi connectivity index (χ1) is 12.9. The van der Waals surface area contributed by atoms with Crippen LogP contribution in [0.4, 0.5) is 11.4 Å². The highest BCUT2D eigenvalue weighted by molar-refractivity contribution is 6.37. The lowest BCUT2D eigenvalue weighted by Gasteiger charge is -2.32. The van der Waals surface area contributed by atoms with E-state index < -0.39 is 0 Å². The molecule has 5 nitrogen and oxygen atoms in total. The monoisotopic (exact) mass is 405 g/mol. The van der Waals surface area contributed by atoms with Gasteiger partial charge in [-0.3, -0.25) is 9.59 Å². The SMILES string of the molecule is CC(=O)N1CCC(Nc2ccccc2NC(=O)c2ccc(Cl)cc2Cl)CC1. The van der Waals surface area contributed by atoms with Gasteiger partial charge in [0, 0.05) is 31.1 Å². The fraction of sp³-hybridized carbons (Fsp3) is 0.300. The lowest BCUT2D eigenvalue weighted by Crippen LogP contribution is -2.41. The summed E-state index contributed by atoms with van der Waals surface area (Å²) in [4.78, 5) is 25.9. The molecule has 1 fully saturated rings. The predicted octanol–water partition coefficient (Wildman–Crippen LogP) is 4.67. The molecule has 1 saturated heterocycles. The molecule has 2 aromatic rings. The minimum atomic E-state index is -0.294. The zero-order valence-corrected chi connectivity index (χ0v) is 16.5. The topological polar surface area (TPSA) is 61.4 Å². The summed E-state index contributed by atoms with van der Waals surface area (Å²) in [6.45, 7) is 3.07. The average molecular weight is 406 g/mol. The molecule has 0 aliphatic carbocycles. The van der Waals surface area contributed by atoms with Gasteiger partial charge in [-0.25, -0.2) is 0 Å². The van der Waals surface area contributed by atoms with Gasteiger partial charge in [-0.15, -0.1) is 0 Å². The predicted molar refractivity (Wildman–Crippen MR) is 110 cm³/mol. The second-order valence-corrected chi connectivity index (χ2v) is 7.39. The van der Waals surface area contributed by atoms with Crippen LogP contribution < -0.4 is 10.6 Å². The molecule has 2 amide bonds. The van der Waals surface area contributed by atoms with Crippen molar-refractivity contribution >= 4 is 46.4 Å². The number of hydrogen-bond donors (Lipinski definition) is 2. The number of nitrogens with zero attached hydrogens (tertiary/aromatic N) is 1. The van der Waals surface area contributed by atoms with E-state index in [0.29, 0.717) is 21.3 Å². The van der Waals surface area contributed by atoms with E-state index in [9.17, 15) is 9.59 Å². The lowest BCUT2D eigenvalue weighted by atomic mass is 10.0. The molecule has 0 aromatic heterocycles. The summed E-state index contributed by atoms with van der Waals surface area (Å²) in [6, 6.07) is 12.6. The minimum Gasteiger partial charge on any atom is -0.380 e. The van der Waals surface area contributed by atoms with Crippen LogP contribution in [0.2, 0.25) is 10.0 Å².